The maximum absolute atomic E-state index is 13.7. The lowest BCUT2D eigenvalue weighted by atomic mass is 9.78. The Bertz CT molecular complexity index is 2360. The van der Waals surface area contributed by atoms with Gasteiger partial charge in [-0.2, -0.15) is 0 Å². The average molecular weight is 975 g/mol. The zero-order chi connectivity index (χ0) is 51.0. The second-order valence-corrected chi connectivity index (χ2v) is 17.9. The molecule has 2 saturated heterocycles. The first-order chi connectivity index (χ1) is 33.3. The predicted octanol–water partition coefficient (Wildman–Crippen LogP) is 7.30. The van der Waals surface area contributed by atoms with E-state index in [0.29, 0.717) is 0 Å². The highest BCUT2D eigenvalue weighted by molar-refractivity contribution is 5.87. The normalized spacial score (nSPS) is 24.5. The van der Waals surface area contributed by atoms with Gasteiger partial charge in [0.1, 0.15) is 61.4 Å². The molecule has 2 fully saturated rings. The number of methoxy groups -OCH3 is 1. The first-order valence-corrected chi connectivity index (χ1v) is 22.9. The van der Waals surface area contributed by atoms with E-state index < -0.39 is 90.0 Å². The van der Waals surface area contributed by atoms with Crippen molar-refractivity contribution >= 4 is 41.9 Å². The Kier molecular flexibility index (Phi) is 19.6. The number of carboxylic acid groups (broad SMARTS) is 2. The number of hydrogen-bond donors (Lipinski definition) is 2. The molecule has 0 amide bonds. The molecule has 0 radical (unpaired) electrons. The van der Waals surface area contributed by atoms with E-state index in [1.54, 1.807) is 108 Å². The molecular weight excluding hydrogens is 913 g/mol. The van der Waals surface area contributed by atoms with Gasteiger partial charge in [0.05, 0.1) is 38.2 Å². The van der Waals surface area contributed by atoms with Crippen molar-refractivity contribution in [1.29, 1.82) is 0 Å². The second-order valence-electron chi connectivity index (χ2n) is 17.9. The highest BCUT2D eigenvalue weighted by atomic mass is 16.6. The van der Waals surface area contributed by atoms with E-state index in [2.05, 4.69) is 9.97 Å². The zero-order valence-electron chi connectivity index (χ0n) is 40.3. The average Bonchev–Trinajstić information content (AvgIpc) is 4.11. The third-order valence-electron chi connectivity index (χ3n) is 11.8. The molecule has 9 atom stereocenters. The lowest BCUT2D eigenvalue weighted by molar-refractivity contribution is -0.158. The summed E-state index contributed by atoms with van der Waals surface area (Å²) in [6.45, 7) is 10.6. The van der Waals surface area contributed by atoms with Crippen molar-refractivity contribution in [2.24, 2.45) is 10.8 Å². The maximum atomic E-state index is 13.7. The minimum absolute atomic E-state index is 0.0969. The topological polar surface area (TPSA) is 266 Å². The Balaban J connectivity index is 1.39. The van der Waals surface area contributed by atoms with Gasteiger partial charge < -0.3 is 52.2 Å². The van der Waals surface area contributed by atoms with Gasteiger partial charge in [-0.25, -0.2) is 19.6 Å². The van der Waals surface area contributed by atoms with Crippen molar-refractivity contribution < 1.29 is 81.0 Å². The maximum Gasteiger partial charge on any atom is 0.360 e. The fraction of sp³-hybridized carbons (Fsp3) is 0.490. The van der Waals surface area contributed by atoms with Gasteiger partial charge in [0.2, 0.25) is 5.89 Å². The van der Waals surface area contributed by atoms with Gasteiger partial charge in [-0.15, -0.1) is 0 Å². The van der Waals surface area contributed by atoms with Crippen LogP contribution in [0.3, 0.4) is 0 Å². The van der Waals surface area contributed by atoms with Gasteiger partial charge >= 0.3 is 35.8 Å². The molecule has 0 aliphatic carbocycles. The molecule has 3 aliphatic heterocycles. The van der Waals surface area contributed by atoms with Crippen molar-refractivity contribution in [3.8, 4) is 0 Å². The summed E-state index contributed by atoms with van der Waals surface area (Å²) in [4.78, 5) is 83.8. The molecule has 2 aromatic heterocycles. The Morgan fingerprint density at radius 2 is 1.17 bits per heavy atom. The Hall–Kier alpha value is -6.70. The zero-order valence-corrected chi connectivity index (χ0v) is 40.3. The summed E-state index contributed by atoms with van der Waals surface area (Å²) in [6.07, 6.45) is 20.2. The first kappa shape index (κ1) is 54.2. The van der Waals surface area contributed by atoms with E-state index in [0.717, 1.165) is 0 Å². The van der Waals surface area contributed by atoms with Crippen LogP contribution >= 0.6 is 0 Å². The van der Waals surface area contributed by atoms with Crippen LogP contribution in [0, 0.1) is 10.8 Å². The number of allylic oxidation sites excluding steroid dienone is 4. The van der Waals surface area contributed by atoms with Gasteiger partial charge in [0.15, 0.2) is 17.3 Å². The number of carbonyl (C=O) groups is 6. The van der Waals surface area contributed by atoms with Crippen LogP contribution in [0.25, 0.3) is 6.08 Å². The quantitative estimate of drug-likeness (QED) is 0.0767. The van der Waals surface area contributed by atoms with Crippen molar-refractivity contribution in [3.05, 3.63) is 115 Å². The minimum Gasteiger partial charge on any atom is -0.481 e. The number of hydrogen-bond acceptors (Lipinski definition) is 17. The number of esters is 4. The largest absolute Gasteiger partial charge is 0.481 e. The van der Waals surface area contributed by atoms with E-state index >= 15 is 0 Å². The third kappa shape index (κ3) is 16.2. The highest BCUT2D eigenvalue weighted by Crippen LogP contribution is 2.37. The number of carboxylic acids is 2. The molecule has 2 aromatic rings. The van der Waals surface area contributed by atoms with Crippen LogP contribution in [0.1, 0.15) is 113 Å². The molecule has 0 saturated carbocycles. The van der Waals surface area contributed by atoms with Gasteiger partial charge in [0, 0.05) is 36.9 Å². The molecule has 2 unspecified atom stereocenters. The summed E-state index contributed by atoms with van der Waals surface area (Å²) in [5.41, 5.74) is -2.28. The molecule has 2 N–H and O–H groups in total. The van der Waals surface area contributed by atoms with Crippen LogP contribution in [0.5, 0.6) is 0 Å². The van der Waals surface area contributed by atoms with E-state index in [1.807, 2.05) is 18.2 Å². The molecule has 19 nitrogen and oxygen atoms in total. The number of epoxide rings is 2. The summed E-state index contributed by atoms with van der Waals surface area (Å²) in [7, 11) is 1.51. The molecule has 19 heteroatoms. The SMILES string of the molecule is CC=C[C@H](OC(=O)CCC(=O)O)C(C)(C)[C@@H]1CC=CC2OC2C=C[C@H](OC)Cc2nc(co2)C(=O)O[C@H](C(C)(C)[C@H](C=CC)OC(=O)CCC(=O)O)CC=C[C@H]2O[C@H]2C=CC=Cc2nc(co2)C(=O)O1. The molecule has 70 heavy (non-hydrogen) atoms. The predicted molar refractivity (Wildman–Crippen MR) is 249 cm³/mol. The van der Waals surface area contributed by atoms with Crippen LogP contribution < -0.4 is 0 Å². The number of aromatic nitrogens is 2. The summed E-state index contributed by atoms with van der Waals surface area (Å²) < 4.78 is 52.2. The standard InChI is InChI=1S/C51H62N2O17/c1-8-14-38(67-46(58)26-24-44(54)55)50(3,4)40-20-13-18-36-37(66-36)23-22-31(62-7)28-43-53-33(30-64-43)49(61)70-41(51(5,6)39(15-9-2)68-47(59)27-25-45(56)57)19-12-17-35-34(65-35)16-10-11-21-42-52-32(29-63-42)48(60)69-40/h8-18,21-23,29-31,34-41H,19-20,24-28H2,1-7H3,(H,54,55)(H,56,57)/t31-,34-,35+,36?,37?,38-,39-,40-,41-/m0/s1. The number of carbonyl (C=O) groups excluding carboxylic acids is 4. The van der Waals surface area contributed by atoms with Crippen molar-refractivity contribution in [3.63, 3.8) is 0 Å². The second kappa shape index (κ2) is 25.2. The lowest BCUT2D eigenvalue weighted by Gasteiger charge is -2.38. The molecular formula is C51H62N2O17. The summed E-state index contributed by atoms with van der Waals surface area (Å²) >= 11 is 0. The van der Waals surface area contributed by atoms with Crippen LogP contribution in [0.4, 0.5) is 0 Å². The molecule has 5 rings (SSSR count). The van der Waals surface area contributed by atoms with E-state index in [9.17, 15) is 28.8 Å². The van der Waals surface area contributed by atoms with Crippen molar-refractivity contribution in [2.75, 3.05) is 7.11 Å². The minimum atomic E-state index is -1.14. The Morgan fingerprint density at radius 3 is 1.67 bits per heavy atom. The van der Waals surface area contributed by atoms with E-state index in [1.165, 1.54) is 19.6 Å². The van der Waals surface area contributed by atoms with Crippen LogP contribution in [-0.4, -0.2) is 118 Å². The fourth-order valence-electron chi connectivity index (χ4n) is 7.27. The van der Waals surface area contributed by atoms with Crippen molar-refractivity contribution in [1.82, 2.24) is 9.97 Å². The molecule has 3 aliphatic rings. The molecule has 378 valence electrons. The van der Waals surface area contributed by atoms with E-state index in [-0.39, 0.29) is 79.7 Å². The molecule has 5 heterocycles. The Morgan fingerprint density at radius 1 is 0.686 bits per heavy atom. The van der Waals surface area contributed by atoms with Crippen LogP contribution in [-0.2, 0) is 58.8 Å². The number of rotatable bonds is 15. The molecule has 4 bridgehead atoms. The van der Waals surface area contributed by atoms with Gasteiger partial charge in [-0.05, 0) is 26.0 Å². The summed E-state index contributed by atoms with van der Waals surface area (Å²) in [5.74, 6) is -4.99. The number of ether oxygens (including phenoxy) is 7. The summed E-state index contributed by atoms with van der Waals surface area (Å²) in [6, 6.07) is 0. The van der Waals surface area contributed by atoms with E-state index in [4.69, 9.17) is 52.2 Å². The number of cyclic esters (lactones) is 2. The first-order valence-electron chi connectivity index (χ1n) is 22.9. The molecule has 0 aromatic carbocycles. The van der Waals surface area contributed by atoms with Gasteiger partial charge in [-0.1, -0.05) is 94.5 Å². The summed E-state index contributed by atoms with van der Waals surface area (Å²) in [5, 5.41) is 18.2. The monoisotopic (exact) mass is 974 g/mol. The van der Waals surface area contributed by atoms with Gasteiger partial charge in [0.25, 0.3) is 0 Å². The highest BCUT2D eigenvalue weighted by Gasteiger charge is 2.43. The number of oxazole rings is 2. The number of aliphatic carboxylic acids is 2. The van der Waals surface area contributed by atoms with Crippen molar-refractivity contribution in [2.45, 2.75) is 141 Å². The smallest absolute Gasteiger partial charge is 0.360 e. The number of fused-ring (bicyclic) bond motifs is 6. The Labute approximate surface area is 405 Å². The van der Waals surface area contributed by atoms with Crippen LogP contribution in [0.15, 0.2) is 100 Å². The van der Waals surface area contributed by atoms with Crippen LogP contribution in [0.2, 0.25) is 0 Å². The molecule has 0 spiro atoms. The van der Waals surface area contributed by atoms with Gasteiger partial charge in [-0.3, -0.25) is 19.2 Å². The number of nitrogens with zero attached hydrogens (tertiary/aromatic N) is 2. The fourth-order valence-corrected chi connectivity index (χ4v) is 7.27. The third-order valence-corrected chi connectivity index (χ3v) is 11.8. The lowest BCUT2D eigenvalue weighted by Crippen LogP contribution is -2.44.